The van der Waals surface area contributed by atoms with Gasteiger partial charge in [0.15, 0.2) is 0 Å². The van der Waals surface area contributed by atoms with Gasteiger partial charge in [-0.25, -0.2) is 4.39 Å². The molecule has 1 fully saturated rings. The number of nitrogens with one attached hydrogen (secondary N) is 1. The third kappa shape index (κ3) is 2.59. The minimum atomic E-state index is -0.201. The average molecular weight is 374 g/mol. The van der Waals surface area contributed by atoms with Gasteiger partial charge < -0.3 is 9.88 Å². The Kier molecular flexibility index (Phi) is 3.90. The van der Waals surface area contributed by atoms with E-state index >= 15 is 4.39 Å². The first-order chi connectivity index (χ1) is 13.6. The molecule has 142 valence electrons. The molecule has 1 aliphatic carbocycles. The number of rotatable bonds is 3. The fraction of sp³-hybridized carbons (Fsp3) is 0.292. The summed E-state index contributed by atoms with van der Waals surface area (Å²) in [4.78, 5) is 17.7. The SMILES string of the molecule is C=CC(=O)N1CCc2c(-c3c(F)ccc4[nH]c(C)cc34)cccc2C1C1CC1. The molecule has 2 aromatic carbocycles. The summed E-state index contributed by atoms with van der Waals surface area (Å²) >= 11 is 0. The Morgan fingerprint density at radius 2 is 2.11 bits per heavy atom. The van der Waals surface area contributed by atoms with E-state index in [1.807, 2.05) is 30.0 Å². The van der Waals surface area contributed by atoms with Gasteiger partial charge in [0.25, 0.3) is 0 Å². The molecule has 28 heavy (non-hydrogen) atoms. The third-order valence-corrected chi connectivity index (χ3v) is 6.15. The van der Waals surface area contributed by atoms with Crippen molar-refractivity contribution in [2.75, 3.05) is 6.54 Å². The van der Waals surface area contributed by atoms with Crippen molar-refractivity contribution >= 4 is 16.8 Å². The van der Waals surface area contributed by atoms with Crippen LogP contribution in [0.3, 0.4) is 0 Å². The molecule has 0 bridgehead atoms. The predicted octanol–water partition coefficient (Wildman–Crippen LogP) is 5.30. The van der Waals surface area contributed by atoms with Crippen molar-refractivity contribution in [1.82, 2.24) is 9.88 Å². The molecule has 0 spiro atoms. The number of aromatic amines is 1. The lowest BCUT2D eigenvalue weighted by atomic mass is 9.84. The number of nitrogens with zero attached hydrogens (tertiary/aromatic N) is 1. The van der Waals surface area contributed by atoms with Crippen LogP contribution in [0.4, 0.5) is 4.39 Å². The molecule has 3 nitrogen and oxygen atoms in total. The van der Waals surface area contributed by atoms with E-state index in [-0.39, 0.29) is 17.8 Å². The van der Waals surface area contributed by atoms with Crippen molar-refractivity contribution in [3.05, 3.63) is 71.7 Å². The first-order valence-corrected chi connectivity index (χ1v) is 9.91. The van der Waals surface area contributed by atoms with Crippen molar-refractivity contribution in [2.45, 2.75) is 32.2 Å². The van der Waals surface area contributed by atoms with Gasteiger partial charge in [0.05, 0.1) is 6.04 Å². The van der Waals surface area contributed by atoms with Gasteiger partial charge in [-0.15, -0.1) is 0 Å². The highest BCUT2D eigenvalue weighted by atomic mass is 19.1. The quantitative estimate of drug-likeness (QED) is 0.620. The number of hydrogen-bond acceptors (Lipinski definition) is 1. The Hall–Kier alpha value is -2.88. The van der Waals surface area contributed by atoms with Crippen LogP contribution in [-0.4, -0.2) is 22.3 Å². The van der Waals surface area contributed by atoms with Crippen molar-refractivity contribution in [1.29, 1.82) is 0 Å². The molecule has 1 aliphatic heterocycles. The molecular weight excluding hydrogens is 351 g/mol. The minimum Gasteiger partial charge on any atom is -0.359 e. The molecule has 0 radical (unpaired) electrons. The summed E-state index contributed by atoms with van der Waals surface area (Å²) in [6.45, 7) is 6.32. The van der Waals surface area contributed by atoms with Gasteiger partial charge >= 0.3 is 0 Å². The van der Waals surface area contributed by atoms with Crippen LogP contribution in [-0.2, 0) is 11.2 Å². The molecule has 5 rings (SSSR count). The van der Waals surface area contributed by atoms with E-state index in [9.17, 15) is 4.79 Å². The largest absolute Gasteiger partial charge is 0.359 e. The van der Waals surface area contributed by atoms with Gasteiger partial charge in [-0.3, -0.25) is 4.79 Å². The van der Waals surface area contributed by atoms with E-state index in [4.69, 9.17) is 0 Å². The Morgan fingerprint density at radius 1 is 1.29 bits per heavy atom. The van der Waals surface area contributed by atoms with Crippen LogP contribution in [0.25, 0.3) is 22.0 Å². The summed E-state index contributed by atoms with van der Waals surface area (Å²) < 4.78 is 15.0. The first kappa shape index (κ1) is 17.2. The molecule has 3 aromatic rings. The lowest BCUT2D eigenvalue weighted by Crippen LogP contribution is -2.40. The monoisotopic (exact) mass is 374 g/mol. The Balaban J connectivity index is 1.71. The topological polar surface area (TPSA) is 36.1 Å². The van der Waals surface area contributed by atoms with Crippen LogP contribution < -0.4 is 0 Å². The standard InChI is InChI=1S/C24H23FN2O/c1-3-22(28)27-12-11-16-17(5-4-6-18(16)24(27)15-7-8-15)23-19-13-14(2)26-21(19)10-9-20(23)25/h3-6,9-10,13,15,24,26H,1,7-8,11-12H2,2H3. The number of aryl methyl sites for hydroxylation is 1. The number of H-pyrrole nitrogens is 1. The summed E-state index contributed by atoms with van der Waals surface area (Å²) in [7, 11) is 0. The minimum absolute atomic E-state index is 0.0116. The maximum Gasteiger partial charge on any atom is 0.246 e. The zero-order valence-corrected chi connectivity index (χ0v) is 16.0. The van der Waals surface area contributed by atoms with Crippen molar-refractivity contribution in [3.63, 3.8) is 0 Å². The number of amides is 1. The molecular formula is C24H23FN2O. The number of hydrogen-bond donors (Lipinski definition) is 1. The van der Waals surface area contributed by atoms with Crippen LogP contribution in [0.2, 0.25) is 0 Å². The first-order valence-electron chi connectivity index (χ1n) is 9.91. The molecule has 2 aliphatic rings. The summed E-state index contributed by atoms with van der Waals surface area (Å²) in [5.41, 5.74) is 5.94. The molecule has 1 unspecified atom stereocenters. The predicted molar refractivity (Wildman–Crippen MR) is 110 cm³/mol. The molecule has 1 atom stereocenters. The Morgan fingerprint density at radius 3 is 2.86 bits per heavy atom. The van der Waals surface area contributed by atoms with Crippen molar-refractivity contribution < 1.29 is 9.18 Å². The number of halogens is 1. The summed E-state index contributed by atoms with van der Waals surface area (Å²) in [5, 5.41) is 0.915. The van der Waals surface area contributed by atoms with Gasteiger partial charge in [0, 0.05) is 28.7 Å². The second-order valence-electron chi connectivity index (χ2n) is 7.98. The van der Waals surface area contributed by atoms with Gasteiger partial charge in [-0.05, 0) is 73.1 Å². The van der Waals surface area contributed by atoms with Crippen LogP contribution >= 0.6 is 0 Å². The van der Waals surface area contributed by atoms with Crippen LogP contribution in [0, 0.1) is 18.7 Å². The molecule has 1 amide bonds. The van der Waals surface area contributed by atoms with E-state index in [1.54, 1.807) is 12.1 Å². The van der Waals surface area contributed by atoms with E-state index in [2.05, 4.69) is 17.6 Å². The third-order valence-electron chi connectivity index (χ3n) is 6.15. The number of benzene rings is 2. The van der Waals surface area contributed by atoms with E-state index in [0.717, 1.165) is 41.4 Å². The highest BCUT2D eigenvalue weighted by Crippen LogP contribution is 2.49. The second-order valence-corrected chi connectivity index (χ2v) is 7.98. The fourth-order valence-electron chi connectivity index (χ4n) is 4.81. The van der Waals surface area contributed by atoms with Crippen LogP contribution in [0.5, 0.6) is 0 Å². The summed E-state index contributed by atoms with van der Waals surface area (Å²) in [6.07, 6.45) is 4.41. The van der Waals surface area contributed by atoms with Gasteiger partial charge in [0.2, 0.25) is 5.91 Å². The highest BCUT2D eigenvalue weighted by molar-refractivity contribution is 5.97. The average Bonchev–Trinajstić information content (AvgIpc) is 3.47. The zero-order valence-electron chi connectivity index (χ0n) is 16.0. The summed E-state index contributed by atoms with van der Waals surface area (Å²) in [6, 6.07) is 11.6. The van der Waals surface area contributed by atoms with Gasteiger partial charge in [-0.2, -0.15) is 0 Å². The lowest BCUT2D eigenvalue weighted by molar-refractivity contribution is -0.129. The zero-order chi connectivity index (χ0) is 19.4. The van der Waals surface area contributed by atoms with E-state index in [1.165, 1.54) is 17.2 Å². The highest BCUT2D eigenvalue weighted by Gasteiger charge is 2.41. The maximum absolute atomic E-state index is 15.0. The lowest BCUT2D eigenvalue weighted by Gasteiger charge is -2.38. The number of aromatic nitrogens is 1. The smallest absolute Gasteiger partial charge is 0.246 e. The normalized spacial score (nSPS) is 18.9. The molecule has 1 aromatic heterocycles. The number of carbonyl (C=O) groups is 1. The Bertz CT molecular complexity index is 1110. The van der Waals surface area contributed by atoms with Gasteiger partial charge in [0.1, 0.15) is 5.82 Å². The molecule has 4 heteroatoms. The summed E-state index contributed by atoms with van der Waals surface area (Å²) in [5.74, 6) is 0.281. The van der Waals surface area contributed by atoms with Crippen molar-refractivity contribution in [3.8, 4) is 11.1 Å². The number of fused-ring (bicyclic) bond motifs is 2. The Labute approximate surface area is 163 Å². The molecule has 2 heterocycles. The second kappa shape index (κ2) is 6.33. The van der Waals surface area contributed by atoms with Gasteiger partial charge in [-0.1, -0.05) is 24.8 Å². The fourth-order valence-corrected chi connectivity index (χ4v) is 4.81. The molecule has 0 saturated heterocycles. The molecule has 1 N–H and O–H groups in total. The molecule has 1 saturated carbocycles. The number of carbonyl (C=O) groups excluding carboxylic acids is 1. The van der Waals surface area contributed by atoms with Crippen molar-refractivity contribution in [2.24, 2.45) is 5.92 Å². The maximum atomic E-state index is 15.0. The van der Waals surface area contributed by atoms with E-state index in [0.29, 0.717) is 18.0 Å². The van der Waals surface area contributed by atoms with Crippen LogP contribution in [0.15, 0.2) is 49.1 Å². The van der Waals surface area contributed by atoms with Crippen LogP contribution in [0.1, 0.15) is 35.7 Å². The van der Waals surface area contributed by atoms with E-state index < -0.39 is 0 Å².